The van der Waals surface area contributed by atoms with Crippen molar-refractivity contribution in [2.45, 2.75) is 5.16 Å². The molecule has 0 aliphatic rings. The number of aromatic nitrogens is 4. The van der Waals surface area contributed by atoms with Crippen LogP contribution in [0.5, 0.6) is 0 Å². The van der Waals surface area contributed by atoms with Crippen molar-refractivity contribution < 1.29 is 4.79 Å². The summed E-state index contributed by atoms with van der Waals surface area (Å²) in [6.45, 7) is 0. The van der Waals surface area contributed by atoms with Crippen LogP contribution < -0.4 is 10.2 Å². The second-order valence-corrected chi connectivity index (χ2v) is 9.95. The molecule has 170 valence electrons. The average Bonchev–Trinajstić information content (AvgIpc) is 3.39. The third-order valence-corrected chi connectivity index (χ3v) is 7.09. The first kappa shape index (κ1) is 23.6. The van der Waals surface area contributed by atoms with Gasteiger partial charge < -0.3 is 14.8 Å². The second-order valence-electron chi connectivity index (χ2n) is 7.31. The summed E-state index contributed by atoms with van der Waals surface area (Å²) >= 11 is 14.9. The summed E-state index contributed by atoms with van der Waals surface area (Å²) in [4.78, 5) is 19.0. The molecular weight excluding hydrogens is 499 g/mol. The molecule has 2 aromatic heterocycles. The van der Waals surface area contributed by atoms with E-state index in [1.165, 1.54) is 23.1 Å². The van der Waals surface area contributed by atoms with E-state index in [2.05, 4.69) is 20.5 Å². The number of rotatable bonds is 7. The molecular formula is C22H20Cl2N6OS2. The molecule has 0 bridgehead atoms. The molecule has 2 aromatic carbocycles. The molecule has 0 saturated heterocycles. The number of thiazole rings is 1. The smallest absolute Gasteiger partial charge is 0.236 e. The lowest BCUT2D eigenvalue weighted by Crippen LogP contribution is -2.14. The summed E-state index contributed by atoms with van der Waals surface area (Å²) in [7, 11) is 5.88. The lowest BCUT2D eigenvalue weighted by Gasteiger charge is -2.12. The highest BCUT2D eigenvalue weighted by atomic mass is 35.5. The molecule has 4 rings (SSSR count). The maximum absolute atomic E-state index is 12.5. The van der Waals surface area contributed by atoms with Gasteiger partial charge in [0.25, 0.3) is 0 Å². The summed E-state index contributed by atoms with van der Waals surface area (Å²) in [5.74, 6) is 0.748. The lowest BCUT2D eigenvalue weighted by molar-refractivity contribution is -0.113. The van der Waals surface area contributed by atoms with Gasteiger partial charge in [-0.05, 0) is 42.5 Å². The normalized spacial score (nSPS) is 10.9. The number of halogens is 2. The second kappa shape index (κ2) is 10.1. The summed E-state index contributed by atoms with van der Waals surface area (Å²) in [6.07, 6.45) is 0. The van der Waals surface area contributed by atoms with Gasteiger partial charge in [0.15, 0.2) is 16.1 Å². The quantitative estimate of drug-likeness (QED) is 0.316. The number of nitrogens with one attached hydrogen (secondary N) is 1. The molecule has 0 unspecified atom stereocenters. The number of hydrogen-bond acceptors (Lipinski definition) is 7. The zero-order valence-corrected chi connectivity index (χ0v) is 21.2. The van der Waals surface area contributed by atoms with Crippen molar-refractivity contribution in [1.29, 1.82) is 0 Å². The number of nitrogens with zero attached hydrogens (tertiary/aromatic N) is 5. The number of hydrogen-bond donors (Lipinski definition) is 1. The van der Waals surface area contributed by atoms with E-state index in [1.807, 2.05) is 60.3 Å². The topological polar surface area (TPSA) is 75.9 Å². The van der Waals surface area contributed by atoms with Gasteiger partial charge in [-0.1, -0.05) is 35.0 Å². The van der Waals surface area contributed by atoms with E-state index in [-0.39, 0.29) is 11.7 Å². The number of amides is 1. The van der Waals surface area contributed by atoms with Crippen LogP contribution in [0.4, 0.5) is 10.8 Å². The summed E-state index contributed by atoms with van der Waals surface area (Å²) in [5, 5.41) is 15.4. The summed E-state index contributed by atoms with van der Waals surface area (Å²) in [6, 6.07) is 13.3. The molecule has 1 N–H and O–H groups in total. The standard InChI is InChI=1S/C22H20Cl2N6OS2/c1-29(2)15-7-4-13(5-8-15)20-27-28-22(30(20)3)33-12-19(31)26-21-25-18(11-32-21)16-9-6-14(23)10-17(16)24/h4-11H,12H2,1-3H3,(H,25,26,31). The van der Waals surface area contributed by atoms with Crippen LogP contribution in [0.25, 0.3) is 22.6 Å². The first-order valence-corrected chi connectivity index (χ1v) is 12.4. The van der Waals surface area contributed by atoms with E-state index >= 15 is 0 Å². The van der Waals surface area contributed by atoms with Crippen molar-refractivity contribution in [3.05, 3.63) is 57.9 Å². The van der Waals surface area contributed by atoms with Gasteiger partial charge in [0, 0.05) is 48.4 Å². The Balaban J connectivity index is 1.37. The van der Waals surface area contributed by atoms with Crippen molar-refractivity contribution in [2.24, 2.45) is 7.05 Å². The minimum atomic E-state index is -0.178. The molecule has 0 aliphatic heterocycles. The van der Waals surface area contributed by atoms with E-state index in [0.717, 1.165) is 22.6 Å². The summed E-state index contributed by atoms with van der Waals surface area (Å²) < 4.78 is 1.88. The Morgan fingerprint density at radius 2 is 1.91 bits per heavy atom. The maximum Gasteiger partial charge on any atom is 0.236 e. The van der Waals surface area contributed by atoms with Crippen LogP contribution in [-0.4, -0.2) is 45.5 Å². The number of benzene rings is 2. The molecule has 1 amide bonds. The molecule has 0 aliphatic carbocycles. The monoisotopic (exact) mass is 518 g/mol. The average molecular weight is 519 g/mol. The molecule has 0 saturated carbocycles. The molecule has 0 spiro atoms. The fourth-order valence-corrected chi connectivity index (χ4v) is 4.98. The van der Waals surface area contributed by atoms with E-state index < -0.39 is 0 Å². The van der Waals surface area contributed by atoms with E-state index in [9.17, 15) is 4.79 Å². The Morgan fingerprint density at radius 1 is 1.15 bits per heavy atom. The van der Waals surface area contributed by atoms with Crippen molar-refractivity contribution in [2.75, 3.05) is 30.1 Å². The minimum absolute atomic E-state index is 0.178. The van der Waals surface area contributed by atoms with Crippen LogP contribution in [-0.2, 0) is 11.8 Å². The Bertz CT molecular complexity index is 1290. The molecule has 0 radical (unpaired) electrons. The highest BCUT2D eigenvalue weighted by Crippen LogP contribution is 2.32. The van der Waals surface area contributed by atoms with Gasteiger partial charge in [-0.2, -0.15) is 0 Å². The lowest BCUT2D eigenvalue weighted by atomic mass is 10.2. The third-order valence-electron chi connectivity index (χ3n) is 4.77. The predicted octanol–water partition coefficient (Wildman–Crippen LogP) is 5.71. The molecule has 0 atom stereocenters. The largest absolute Gasteiger partial charge is 0.378 e. The fourth-order valence-electron chi connectivity index (χ4n) is 3.04. The van der Waals surface area contributed by atoms with Gasteiger partial charge >= 0.3 is 0 Å². The number of thioether (sulfide) groups is 1. The Hall–Kier alpha value is -2.59. The number of carbonyl (C=O) groups is 1. The van der Waals surface area contributed by atoms with Crippen LogP contribution in [0.1, 0.15) is 0 Å². The van der Waals surface area contributed by atoms with E-state index in [4.69, 9.17) is 23.2 Å². The predicted molar refractivity (Wildman–Crippen MR) is 138 cm³/mol. The first-order chi connectivity index (χ1) is 15.8. The summed E-state index contributed by atoms with van der Waals surface area (Å²) in [5.41, 5.74) is 3.51. The van der Waals surface area contributed by atoms with Gasteiger partial charge in [-0.3, -0.25) is 4.79 Å². The van der Waals surface area contributed by atoms with Crippen LogP contribution in [0, 0.1) is 0 Å². The van der Waals surface area contributed by atoms with Gasteiger partial charge in [-0.25, -0.2) is 4.98 Å². The minimum Gasteiger partial charge on any atom is -0.378 e. The molecule has 0 fully saturated rings. The van der Waals surface area contributed by atoms with Gasteiger partial charge in [-0.15, -0.1) is 21.5 Å². The van der Waals surface area contributed by atoms with Crippen LogP contribution in [0.15, 0.2) is 53.0 Å². The molecule has 7 nitrogen and oxygen atoms in total. The van der Waals surface area contributed by atoms with Crippen molar-refractivity contribution in [1.82, 2.24) is 19.7 Å². The maximum atomic E-state index is 12.5. The molecule has 4 aromatic rings. The van der Waals surface area contributed by atoms with Crippen LogP contribution in [0.2, 0.25) is 10.0 Å². The zero-order valence-electron chi connectivity index (χ0n) is 18.0. The van der Waals surface area contributed by atoms with Crippen molar-refractivity contribution >= 4 is 63.0 Å². The molecule has 11 heteroatoms. The number of anilines is 2. The Kier molecular flexibility index (Phi) is 7.23. The van der Waals surface area contributed by atoms with Crippen LogP contribution >= 0.6 is 46.3 Å². The fraction of sp³-hybridized carbons (Fsp3) is 0.182. The highest BCUT2D eigenvalue weighted by Gasteiger charge is 2.15. The van der Waals surface area contributed by atoms with E-state index in [1.54, 1.807) is 18.2 Å². The Morgan fingerprint density at radius 3 is 2.61 bits per heavy atom. The van der Waals surface area contributed by atoms with Crippen LogP contribution in [0.3, 0.4) is 0 Å². The molecule has 33 heavy (non-hydrogen) atoms. The van der Waals surface area contributed by atoms with Crippen molar-refractivity contribution in [3.63, 3.8) is 0 Å². The van der Waals surface area contributed by atoms with Gasteiger partial charge in [0.1, 0.15) is 0 Å². The van der Waals surface area contributed by atoms with E-state index in [0.29, 0.717) is 26.0 Å². The third kappa shape index (κ3) is 5.50. The van der Waals surface area contributed by atoms with Gasteiger partial charge in [0.2, 0.25) is 5.91 Å². The highest BCUT2D eigenvalue weighted by molar-refractivity contribution is 7.99. The Labute approximate surface area is 209 Å². The zero-order chi connectivity index (χ0) is 23.5. The SMILES string of the molecule is CN(C)c1ccc(-c2nnc(SCC(=O)Nc3nc(-c4ccc(Cl)cc4Cl)cs3)n2C)cc1. The number of carbonyl (C=O) groups excluding carboxylic acids is 1. The molecule has 2 heterocycles. The van der Waals surface area contributed by atoms with Gasteiger partial charge in [0.05, 0.1) is 16.5 Å². The van der Waals surface area contributed by atoms with Crippen molar-refractivity contribution in [3.8, 4) is 22.6 Å². The first-order valence-electron chi connectivity index (χ1n) is 9.82.